The minimum Gasteiger partial charge on any atom is -0.460 e. The van der Waals surface area contributed by atoms with Crippen molar-refractivity contribution < 1.29 is 17.9 Å². The van der Waals surface area contributed by atoms with Gasteiger partial charge in [-0.15, -0.1) is 11.3 Å². The highest BCUT2D eigenvalue weighted by Gasteiger charge is 2.51. The van der Waals surface area contributed by atoms with Gasteiger partial charge in [-0.3, -0.25) is 4.79 Å². The van der Waals surface area contributed by atoms with Gasteiger partial charge in [0, 0.05) is 6.42 Å². The van der Waals surface area contributed by atoms with Crippen LogP contribution in [0.25, 0.3) is 0 Å². The normalized spacial score (nSPS) is 29.6. The van der Waals surface area contributed by atoms with E-state index in [-0.39, 0.29) is 16.9 Å². The Morgan fingerprint density at radius 1 is 1.50 bits per heavy atom. The molecule has 1 aromatic heterocycles. The second kappa shape index (κ2) is 3.28. The van der Waals surface area contributed by atoms with E-state index in [4.69, 9.17) is 4.74 Å². The highest BCUT2D eigenvalue weighted by molar-refractivity contribution is 7.91. The van der Waals surface area contributed by atoms with Crippen LogP contribution in [0.5, 0.6) is 0 Å². The zero-order valence-corrected chi connectivity index (χ0v) is 9.83. The summed E-state index contributed by atoms with van der Waals surface area (Å²) in [6.07, 6.45) is 0.232. The smallest absolute Gasteiger partial charge is 0.324 e. The van der Waals surface area contributed by atoms with Crippen LogP contribution >= 0.6 is 11.3 Å². The Kier molecular flexibility index (Phi) is 2.10. The van der Waals surface area contributed by atoms with Crippen molar-refractivity contribution in [2.45, 2.75) is 22.8 Å². The minimum atomic E-state index is -3.51. The molecule has 0 spiro atoms. The predicted molar refractivity (Wildman–Crippen MR) is 56.5 cm³/mol. The maximum Gasteiger partial charge on any atom is 0.324 e. The van der Waals surface area contributed by atoms with E-state index in [1.807, 2.05) is 0 Å². The second-order valence-electron chi connectivity index (χ2n) is 3.82. The van der Waals surface area contributed by atoms with Gasteiger partial charge in [0.25, 0.3) is 10.0 Å². The summed E-state index contributed by atoms with van der Waals surface area (Å²) in [6.45, 7) is 0.288. The second-order valence-corrected chi connectivity index (χ2v) is 6.88. The third-order valence-corrected chi connectivity index (χ3v) is 6.08. The Hall–Kier alpha value is -0.920. The molecular weight excluding hydrogens is 250 g/mol. The van der Waals surface area contributed by atoms with E-state index in [2.05, 4.69) is 0 Å². The molecule has 7 heteroatoms. The van der Waals surface area contributed by atoms with E-state index in [0.717, 1.165) is 11.3 Å². The van der Waals surface area contributed by atoms with Crippen LogP contribution in [0, 0.1) is 0 Å². The summed E-state index contributed by atoms with van der Waals surface area (Å²) in [6, 6.07) is 2.62. The molecule has 0 amide bonds. The molecule has 86 valence electrons. The molecule has 0 radical (unpaired) electrons. The number of hydrogen-bond donors (Lipinski definition) is 0. The van der Waals surface area contributed by atoms with Crippen LogP contribution in [0.4, 0.5) is 0 Å². The van der Waals surface area contributed by atoms with E-state index in [9.17, 15) is 13.2 Å². The molecular formula is C9H9NO4S2. The molecule has 16 heavy (non-hydrogen) atoms. The summed E-state index contributed by atoms with van der Waals surface area (Å²) < 4.78 is 30.8. The number of ether oxygens (including phenoxy) is 1. The Morgan fingerprint density at radius 2 is 2.31 bits per heavy atom. The van der Waals surface area contributed by atoms with E-state index in [1.165, 1.54) is 4.31 Å². The van der Waals surface area contributed by atoms with Crippen LogP contribution in [0.3, 0.4) is 0 Å². The number of carbonyl (C=O) groups is 1. The minimum absolute atomic E-state index is 0.257. The van der Waals surface area contributed by atoms with Gasteiger partial charge in [-0.25, -0.2) is 8.42 Å². The number of thiophene rings is 1. The largest absolute Gasteiger partial charge is 0.460 e. The van der Waals surface area contributed by atoms with Crippen molar-refractivity contribution in [1.82, 2.24) is 4.31 Å². The Balaban J connectivity index is 1.98. The number of carbonyl (C=O) groups excluding carboxylic acids is 1. The lowest BCUT2D eigenvalue weighted by molar-refractivity contribution is -0.148. The number of hydrogen-bond acceptors (Lipinski definition) is 5. The van der Waals surface area contributed by atoms with E-state index in [0.29, 0.717) is 6.42 Å². The summed E-state index contributed by atoms with van der Waals surface area (Å²) >= 11 is 1.16. The molecule has 0 saturated carbocycles. The number of fused-ring (bicyclic) bond motifs is 2. The third kappa shape index (κ3) is 1.32. The fourth-order valence-electron chi connectivity index (χ4n) is 2.10. The van der Waals surface area contributed by atoms with E-state index >= 15 is 0 Å². The zero-order valence-electron chi connectivity index (χ0n) is 8.20. The first-order chi connectivity index (χ1) is 7.59. The van der Waals surface area contributed by atoms with E-state index < -0.39 is 22.0 Å². The molecule has 2 saturated heterocycles. The molecule has 5 nitrogen and oxygen atoms in total. The summed E-state index contributed by atoms with van der Waals surface area (Å²) in [4.78, 5) is 11.3. The standard InChI is InChI=1S/C9H9NO4S2/c11-9-7-4-6(14-9)5-10(7)16(12,13)8-2-1-3-15-8/h1-3,6-7H,4-5H2. The SMILES string of the molecule is O=C1OC2CC1N(S(=O)(=O)c1cccs1)C2. The first-order valence-electron chi connectivity index (χ1n) is 4.85. The van der Waals surface area contributed by atoms with Crippen molar-refractivity contribution in [2.75, 3.05) is 6.54 Å². The van der Waals surface area contributed by atoms with Gasteiger partial charge in [0.1, 0.15) is 16.4 Å². The molecule has 2 fully saturated rings. The molecule has 3 rings (SSSR count). The first kappa shape index (κ1) is 10.2. The molecule has 0 N–H and O–H groups in total. The Labute approximate surface area is 96.7 Å². The van der Waals surface area contributed by atoms with Crippen LogP contribution in [0.1, 0.15) is 6.42 Å². The Bertz CT molecular complexity index is 522. The molecule has 2 aliphatic rings. The summed E-state index contributed by atoms with van der Waals surface area (Å²) in [7, 11) is -3.51. The zero-order chi connectivity index (χ0) is 11.3. The number of esters is 1. The number of sulfonamides is 1. The molecule has 0 aliphatic carbocycles. The van der Waals surface area contributed by atoms with Crippen molar-refractivity contribution in [3.05, 3.63) is 17.5 Å². The topological polar surface area (TPSA) is 63.7 Å². The molecule has 1 aromatic rings. The van der Waals surface area contributed by atoms with Crippen LogP contribution in [-0.2, 0) is 19.6 Å². The van der Waals surface area contributed by atoms with Crippen molar-refractivity contribution >= 4 is 27.3 Å². The maximum atomic E-state index is 12.2. The highest BCUT2D eigenvalue weighted by Crippen LogP contribution is 2.34. The average molecular weight is 259 g/mol. The van der Waals surface area contributed by atoms with Gasteiger partial charge in [-0.2, -0.15) is 4.31 Å². The first-order valence-corrected chi connectivity index (χ1v) is 7.17. The van der Waals surface area contributed by atoms with Crippen LogP contribution in [-0.4, -0.2) is 37.4 Å². The lowest BCUT2D eigenvalue weighted by atomic mass is 10.2. The quantitative estimate of drug-likeness (QED) is 0.723. The lowest BCUT2D eigenvalue weighted by Gasteiger charge is -2.24. The monoisotopic (exact) mass is 259 g/mol. The molecule has 2 unspecified atom stereocenters. The van der Waals surface area contributed by atoms with Crippen LogP contribution in [0.15, 0.2) is 21.7 Å². The molecule has 0 aromatic carbocycles. The van der Waals surface area contributed by atoms with Gasteiger partial charge < -0.3 is 4.74 Å². The number of nitrogens with zero attached hydrogens (tertiary/aromatic N) is 1. The van der Waals surface area contributed by atoms with Gasteiger partial charge in [-0.05, 0) is 11.4 Å². The Morgan fingerprint density at radius 3 is 2.88 bits per heavy atom. The molecule has 2 aliphatic heterocycles. The van der Waals surface area contributed by atoms with Crippen molar-refractivity contribution in [3.8, 4) is 0 Å². The van der Waals surface area contributed by atoms with E-state index in [1.54, 1.807) is 17.5 Å². The van der Waals surface area contributed by atoms with Gasteiger partial charge >= 0.3 is 5.97 Å². The van der Waals surface area contributed by atoms with Crippen molar-refractivity contribution in [3.63, 3.8) is 0 Å². The van der Waals surface area contributed by atoms with Gasteiger partial charge in [0.15, 0.2) is 0 Å². The van der Waals surface area contributed by atoms with Crippen molar-refractivity contribution in [2.24, 2.45) is 0 Å². The third-order valence-electron chi connectivity index (χ3n) is 2.83. The van der Waals surface area contributed by atoms with Crippen LogP contribution < -0.4 is 0 Å². The molecule has 3 heterocycles. The molecule has 2 atom stereocenters. The summed E-state index contributed by atoms with van der Waals surface area (Å²) in [5.41, 5.74) is 0. The number of morpholine rings is 1. The van der Waals surface area contributed by atoms with Gasteiger partial charge in [0.05, 0.1) is 6.54 Å². The average Bonchev–Trinajstić information content (AvgIpc) is 2.92. The van der Waals surface area contributed by atoms with Crippen LogP contribution in [0.2, 0.25) is 0 Å². The predicted octanol–water partition coefficient (Wildman–Crippen LogP) is 0.436. The van der Waals surface area contributed by atoms with Gasteiger partial charge in [-0.1, -0.05) is 6.07 Å². The summed E-state index contributed by atoms with van der Waals surface area (Å²) in [5.74, 6) is -0.420. The number of rotatable bonds is 2. The highest BCUT2D eigenvalue weighted by atomic mass is 32.2. The fraction of sp³-hybridized carbons (Fsp3) is 0.444. The van der Waals surface area contributed by atoms with Gasteiger partial charge in [0.2, 0.25) is 0 Å². The fourth-order valence-corrected chi connectivity index (χ4v) is 4.84. The lowest BCUT2D eigenvalue weighted by Crippen LogP contribution is -2.43. The summed E-state index contributed by atoms with van der Waals surface area (Å²) in [5, 5.41) is 1.71. The van der Waals surface area contributed by atoms with Crippen molar-refractivity contribution in [1.29, 1.82) is 0 Å². The molecule has 2 bridgehead atoms. The maximum absolute atomic E-state index is 12.2.